The van der Waals surface area contributed by atoms with Gasteiger partial charge in [0, 0.05) is 4.90 Å². The maximum atomic E-state index is 11.1. The van der Waals surface area contributed by atoms with Gasteiger partial charge in [-0.05, 0) is 62.6 Å². The van der Waals surface area contributed by atoms with Crippen molar-refractivity contribution in [2.24, 2.45) is 5.92 Å². The fourth-order valence-electron chi connectivity index (χ4n) is 3.00. The molecular weight excluding hydrogens is 294 g/mol. The second-order valence-electron chi connectivity index (χ2n) is 6.07. The summed E-state index contributed by atoms with van der Waals surface area (Å²) in [6, 6.07) is 7.26. The molecule has 0 amide bonds. The van der Waals surface area contributed by atoms with Crippen LogP contribution in [0.3, 0.4) is 0 Å². The zero-order valence-corrected chi connectivity index (χ0v) is 14.0. The zero-order chi connectivity index (χ0) is 15.6. The largest absolute Gasteiger partial charge is 0.478 e. The number of carbonyl (C=O) groups is 1. The molecule has 0 unspecified atom stereocenters. The van der Waals surface area contributed by atoms with Gasteiger partial charge in [-0.1, -0.05) is 31.4 Å². The molecule has 22 heavy (non-hydrogen) atoms. The van der Waals surface area contributed by atoms with Crippen molar-refractivity contribution in [2.75, 3.05) is 18.8 Å². The smallest absolute Gasteiger partial charge is 0.336 e. The van der Waals surface area contributed by atoms with Crippen LogP contribution in [0.4, 0.5) is 0 Å². The lowest BCUT2D eigenvalue weighted by Gasteiger charge is -2.21. The molecule has 0 saturated heterocycles. The van der Waals surface area contributed by atoms with Crippen molar-refractivity contribution in [2.45, 2.75) is 49.8 Å². The van der Waals surface area contributed by atoms with Gasteiger partial charge in [0.25, 0.3) is 0 Å². The quantitative estimate of drug-likeness (QED) is 0.522. The topological polar surface area (TPSA) is 49.3 Å². The first-order chi connectivity index (χ1) is 10.8. The summed E-state index contributed by atoms with van der Waals surface area (Å²) in [5.41, 5.74) is 0.419. The Kier molecular flexibility index (Phi) is 7.81. The van der Waals surface area contributed by atoms with Gasteiger partial charge in [-0.25, -0.2) is 4.79 Å². The number of hydrogen-bond acceptors (Lipinski definition) is 3. The van der Waals surface area contributed by atoms with E-state index in [0.717, 1.165) is 36.0 Å². The van der Waals surface area contributed by atoms with E-state index in [1.807, 2.05) is 12.1 Å². The Bertz CT molecular complexity index is 458. The first-order valence-electron chi connectivity index (χ1n) is 8.43. The molecule has 122 valence electrons. The van der Waals surface area contributed by atoms with Gasteiger partial charge in [0.05, 0.1) is 5.56 Å². The highest BCUT2D eigenvalue weighted by Gasteiger charge is 2.12. The van der Waals surface area contributed by atoms with Crippen LogP contribution in [-0.4, -0.2) is 29.9 Å². The third-order valence-corrected chi connectivity index (χ3v) is 5.44. The minimum Gasteiger partial charge on any atom is -0.478 e. The van der Waals surface area contributed by atoms with Gasteiger partial charge in [0.2, 0.25) is 0 Å². The molecule has 0 spiro atoms. The number of nitrogens with one attached hydrogen (secondary N) is 1. The van der Waals surface area contributed by atoms with Crippen molar-refractivity contribution in [1.82, 2.24) is 5.32 Å². The fourth-order valence-corrected chi connectivity index (χ4v) is 4.05. The summed E-state index contributed by atoms with van der Waals surface area (Å²) < 4.78 is 0. The summed E-state index contributed by atoms with van der Waals surface area (Å²) in [5, 5.41) is 12.7. The molecule has 1 aromatic carbocycles. The second-order valence-corrected chi connectivity index (χ2v) is 7.20. The summed E-state index contributed by atoms with van der Waals surface area (Å²) in [5.74, 6) is 1.04. The van der Waals surface area contributed by atoms with Crippen LogP contribution in [0.25, 0.3) is 0 Å². The molecule has 0 radical (unpaired) electrons. The van der Waals surface area contributed by atoms with Gasteiger partial charge < -0.3 is 10.4 Å². The van der Waals surface area contributed by atoms with Crippen molar-refractivity contribution in [3.63, 3.8) is 0 Å². The maximum Gasteiger partial charge on any atom is 0.336 e. The monoisotopic (exact) mass is 321 g/mol. The summed E-state index contributed by atoms with van der Waals surface area (Å²) in [4.78, 5) is 12.0. The maximum absolute atomic E-state index is 11.1. The number of thioether (sulfide) groups is 1. The zero-order valence-electron chi connectivity index (χ0n) is 13.2. The van der Waals surface area contributed by atoms with Gasteiger partial charge in [-0.3, -0.25) is 0 Å². The minimum atomic E-state index is -0.836. The van der Waals surface area contributed by atoms with Crippen LogP contribution in [0.5, 0.6) is 0 Å². The lowest BCUT2D eigenvalue weighted by atomic mass is 9.89. The van der Waals surface area contributed by atoms with E-state index in [0.29, 0.717) is 5.56 Å². The number of aromatic carboxylic acids is 1. The average Bonchev–Trinajstić information content (AvgIpc) is 2.55. The molecule has 1 aliphatic carbocycles. The summed E-state index contributed by atoms with van der Waals surface area (Å²) in [7, 11) is 0. The SMILES string of the molecule is O=C(O)c1ccccc1SCCCCNCC1CCCCC1. The van der Waals surface area contributed by atoms with Gasteiger partial charge in [-0.2, -0.15) is 0 Å². The summed E-state index contributed by atoms with van der Waals surface area (Å²) in [6.45, 7) is 2.26. The molecule has 0 bridgehead atoms. The first-order valence-corrected chi connectivity index (χ1v) is 9.42. The molecule has 1 aromatic rings. The number of unbranched alkanes of at least 4 members (excludes halogenated alkanes) is 1. The minimum absolute atomic E-state index is 0.419. The van der Waals surface area contributed by atoms with Crippen molar-refractivity contribution >= 4 is 17.7 Å². The molecular formula is C18H27NO2S. The standard InChI is InChI=1S/C18H27NO2S/c20-18(21)16-10-4-5-11-17(16)22-13-7-6-12-19-14-15-8-2-1-3-9-15/h4-5,10-11,15,19H,1-3,6-9,12-14H2,(H,20,21). The molecule has 1 saturated carbocycles. The van der Waals surface area contributed by atoms with Crippen LogP contribution < -0.4 is 5.32 Å². The average molecular weight is 321 g/mol. The normalized spacial score (nSPS) is 15.8. The predicted molar refractivity (Wildman–Crippen MR) is 92.8 cm³/mol. The fraction of sp³-hybridized carbons (Fsp3) is 0.611. The van der Waals surface area contributed by atoms with E-state index in [2.05, 4.69) is 5.32 Å². The van der Waals surface area contributed by atoms with E-state index < -0.39 is 5.97 Å². The van der Waals surface area contributed by atoms with Crippen LogP contribution in [-0.2, 0) is 0 Å². The molecule has 4 heteroatoms. The highest BCUT2D eigenvalue weighted by molar-refractivity contribution is 7.99. The van der Waals surface area contributed by atoms with Crippen LogP contribution in [0.2, 0.25) is 0 Å². The van der Waals surface area contributed by atoms with Crippen molar-refractivity contribution in [3.05, 3.63) is 29.8 Å². The number of carboxylic acid groups (broad SMARTS) is 1. The molecule has 0 atom stereocenters. The van der Waals surface area contributed by atoms with E-state index in [4.69, 9.17) is 5.11 Å². The Morgan fingerprint density at radius 1 is 1.18 bits per heavy atom. The Labute approximate surface area is 137 Å². The highest BCUT2D eigenvalue weighted by atomic mass is 32.2. The molecule has 1 fully saturated rings. The number of rotatable bonds is 9. The molecule has 3 nitrogen and oxygen atoms in total. The number of carboxylic acids is 1. The third kappa shape index (κ3) is 6.01. The van der Waals surface area contributed by atoms with Crippen molar-refractivity contribution in [3.8, 4) is 0 Å². The van der Waals surface area contributed by atoms with Crippen LogP contribution in [0, 0.1) is 5.92 Å². The van der Waals surface area contributed by atoms with Crippen molar-refractivity contribution in [1.29, 1.82) is 0 Å². The molecule has 0 aromatic heterocycles. The van der Waals surface area contributed by atoms with E-state index >= 15 is 0 Å². The van der Waals surface area contributed by atoms with Gasteiger partial charge >= 0.3 is 5.97 Å². The summed E-state index contributed by atoms with van der Waals surface area (Å²) in [6.07, 6.45) is 9.32. The van der Waals surface area contributed by atoms with Gasteiger partial charge in [-0.15, -0.1) is 11.8 Å². The second kappa shape index (κ2) is 9.90. The molecule has 0 aliphatic heterocycles. The molecule has 2 rings (SSSR count). The number of hydrogen-bond donors (Lipinski definition) is 2. The lowest BCUT2D eigenvalue weighted by Crippen LogP contribution is -2.25. The third-order valence-electron chi connectivity index (χ3n) is 4.28. The molecule has 1 aliphatic rings. The van der Waals surface area contributed by atoms with Crippen LogP contribution >= 0.6 is 11.8 Å². The Balaban J connectivity index is 1.55. The van der Waals surface area contributed by atoms with Gasteiger partial charge in [0.1, 0.15) is 0 Å². The van der Waals surface area contributed by atoms with E-state index in [1.54, 1.807) is 23.9 Å². The Morgan fingerprint density at radius 2 is 1.95 bits per heavy atom. The molecule has 2 N–H and O–H groups in total. The Hall–Kier alpha value is -1.00. The van der Waals surface area contributed by atoms with Crippen LogP contribution in [0.15, 0.2) is 29.2 Å². The highest BCUT2D eigenvalue weighted by Crippen LogP contribution is 2.24. The van der Waals surface area contributed by atoms with E-state index in [9.17, 15) is 4.79 Å². The van der Waals surface area contributed by atoms with Crippen LogP contribution in [0.1, 0.15) is 55.3 Å². The number of benzene rings is 1. The first kappa shape index (κ1) is 17.4. The molecule has 0 heterocycles. The van der Waals surface area contributed by atoms with E-state index in [1.165, 1.54) is 38.6 Å². The van der Waals surface area contributed by atoms with Gasteiger partial charge in [0.15, 0.2) is 0 Å². The Morgan fingerprint density at radius 3 is 2.73 bits per heavy atom. The van der Waals surface area contributed by atoms with Crippen molar-refractivity contribution < 1.29 is 9.90 Å². The van der Waals surface area contributed by atoms with E-state index in [-0.39, 0.29) is 0 Å². The summed E-state index contributed by atoms with van der Waals surface area (Å²) >= 11 is 1.65. The predicted octanol–water partition coefficient (Wildman–Crippen LogP) is 4.43. The lowest BCUT2D eigenvalue weighted by molar-refractivity contribution is 0.0693.